The second kappa shape index (κ2) is 7.66. The number of aryl methyl sites for hydroxylation is 1. The zero-order valence-corrected chi connectivity index (χ0v) is 16.1. The van der Waals surface area contributed by atoms with E-state index in [0.717, 1.165) is 17.8 Å². The van der Waals surface area contributed by atoms with Crippen LogP contribution in [0, 0.1) is 5.82 Å². The van der Waals surface area contributed by atoms with Gasteiger partial charge in [0.1, 0.15) is 23.2 Å². The van der Waals surface area contributed by atoms with E-state index in [4.69, 9.17) is 4.74 Å². The van der Waals surface area contributed by atoms with Crippen molar-refractivity contribution in [2.24, 2.45) is 7.05 Å². The van der Waals surface area contributed by atoms with Crippen LogP contribution >= 0.6 is 0 Å². The van der Waals surface area contributed by atoms with E-state index in [2.05, 4.69) is 35.6 Å². The van der Waals surface area contributed by atoms with Crippen LogP contribution in [-0.4, -0.2) is 36.6 Å². The third-order valence-corrected chi connectivity index (χ3v) is 4.23. The molecule has 148 valence electrons. The number of fused-ring (bicyclic) bond motifs is 1. The van der Waals surface area contributed by atoms with Crippen LogP contribution in [0.5, 0.6) is 5.75 Å². The van der Waals surface area contributed by atoms with E-state index in [1.807, 2.05) is 42.9 Å². The summed E-state index contributed by atoms with van der Waals surface area (Å²) in [5, 5.41) is 7.20. The molecule has 4 aromatic rings. The predicted octanol–water partition coefficient (Wildman–Crippen LogP) is 3.22. The molecule has 29 heavy (non-hydrogen) atoms. The minimum atomic E-state index is -0.489. The number of nitrogens with one attached hydrogen (secondary N) is 2. The molecule has 3 heterocycles. The van der Waals surface area contributed by atoms with Crippen molar-refractivity contribution in [3.05, 3.63) is 54.8 Å². The van der Waals surface area contributed by atoms with Crippen molar-refractivity contribution in [1.82, 2.24) is 29.5 Å². The third-order valence-electron chi connectivity index (χ3n) is 4.23. The zero-order valence-electron chi connectivity index (χ0n) is 16.1. The second-order valence-corrected chi connectivity index (χ2v) is 6.45. The van der Waals surface area contributed by atoms with E-state index in [-0.39, 0.29) is 6.04 Å². The van der Waals surface area contributed by atoms with Gasteiger partial charge in [0, 0.05) is 24.7 Å². The summed E-state index contributed by atoms with van der Waals surface area (Å²) in [4.78, 5) is 21.5. The lowest BCUT2D eigenvalue weighted by Gasteiger charge is -2.15. The van der Waals surface area contributed by atoms with Crippen LogP contribution in [-0.2, 0) is 7.05 Å². The minimum Gasteiger partial charge on any atom is -0.497 e. The molecule has 0 saturated heterocycles. The van der Waals surface area contributed by atoms with Gasteiger partial charge in [-0.1, -0.05) is 0 Å². The molecule has 0 aliphatic carbocycles. The van der Waals surface area contributed by atoms with Crippen molar-refractivity contribution in [3.8, 4) is 5.75 Å². The van der Waals surface area contributed by atoms with Gasteiger partial charge in [-0.05, 0) is 19.1 Å². The Bertz CT molecular complexity index is 1140. The summed E-state index contributed by atoms with van der Waals surface area (Å²) in [6.45, 7) is 1.85. The molecule has 3 aromatic heterocycles. The maximum atomic E-state index is 13.1. The van der Waals surface area contributed by atoms with Crippen LogP contribution in [0.4, 0.5) is 22.0 Å². The Morgan fingerprint density at radius 3 is 2.62 bits per heavy atom. The van der Waals surface area contributed by atoms with Gasteiger partial charge in [-0.15, -0.1) is 0 Å². The molecule has 10 heteroatoms. The summed E-state index contributed by atoms with van der Waals surface area (Å²) in [7, 11) is 3.49. The number of hydrogen-bond acceptors (Lipinski definition) is 8. The molecule has 9 nitrogen and oxygen atoms in total. The molecule has 0 aliphatic heterocycles. The summed E-state index contributed by atoms with van der Waals surface area (Å²) in [6.07, 6.45) is 5.79. The topological polar surface area (TPSA) is 103 Å². The molecule has 0 saturated carbocycles. The zero-order chi connectivity index (χ0) is 20.4. The highest BCUT2D eigenvalue weighted by molar-refractivity contribution is 5.92. The van der Waals surface area contributed by atoms with Crippen LogP contribution in [0.2, 0.25) is 0 Å². The first-order valence-corrected chi connectivity index (χ1v) is 8.86. The second-order valence-electron chi connectivity index (χ2n) is 6.45. The first-order chi connectivity index (χ1) is 14.0. The molecule has 1 aromatic carbocycles. The Kier molecular flexibility index (Phi) is 4.90. The monoisotopic (exact) mass is 394 g/mol. The summed E-state index contributed by atoms with van der Waals surface area (Å²) >= 11 is 0. The van der Waals surface area contributed by atoms with E-state index in [1.165, 1.54) is 0 Å². The molecule has 0 spiro atoms. The van der Waals surface area contributed by atoms with Gasteiger partial charge in [0.15, 0.2) is 5.82 Å². The predicted molar refractivity (Wildman–Crippen MR) is 107 cm³/mol. The van der Waals surface area contributed by atoms with Crippen LogP contribution < -0.4 is 15.4 Å². The largest absolute Gasteiger partial charge is 0.497 e. The van der Waals surface area contributed by atoms with Gasteiger partial charge in [0.05, 0.1) is 37.4 Å². The fraction of sp³-hybridized carbons (Fsp3) is 0.211. The standard InChI is InChI=1S/C19H19FN8O/c1-11(17-21-7-12(20)8-22-17)24-19-25-15-6-13(29-3)4-5-14(15)18(27-19)26-16-9-28(2)10-23-16/h4-11H,1-3H3,(H2,24,25,26,27). The van der Waals surface area contributed by atoms with Crippen LogP contribution in [0.1, 0.15) is 18.8 Å². The SMILES string of the molecule is COc1ccc2c(Nc3cn(C)cn3)nc(NC(C)c3ncc(F)cn3)nc2c1. The molecule has 0 bridgehead atoms. The lowest BCUT2D eigenvalue weighted by atomic mass is 10.2. The molecule has 2 N–H and O–H groups in total. The van der Waals surface area contributed by atoms with Crippen molar-refractivity contribution < 1.29 is 9.13 Å². The van der Waals surface area contributed by atoms with Gasteiger partial charge in [-0.2, -0.15) is 4.98 Å². The quantitative estimate of drug-likeness (QED) is 0.514. The van der Waals surface area contributed by atoms with E-state index < -0.39 is 5.82 Å². The molecule has 0 radical (unpaired) electrons. The summed E-state index contributed by atoms with van der Waals surface area (Å²) in [5.74, 6) is 2.23. The first-order valence-electron chi connectivity index (χ1n) is 8.86. The number of imidazole rings is 1. The average Bonchev–Trinajstić information content (AvgIpc) is 3.12. The maximum Gasteiger partial charge on any atom is 0.225 e. The average molecular weight is 394 g/mol. The molecule has 0 fully saturated rings. The molecular weight excluding hydrogens is 375 g/mol. The van der Waals surface area contributed by atoms with Gasteiger partial charge in [0.2, 0.25) is 5.95 Å². The van der Waals surface area contributed by atoms with Crippen molar-refractivity contribution in [2.75, 3.05) is 17.7 Å². The molecular formula is C19H19FN8O. The van der Waals surface area contributed by atoms with Crippen LogP contribution in [0.3, 0.4) is 0 Å². The molecule has 1 atom stereocenters. The molecule has 0 aliphatic rings. The first kappa shape index (κ1) is 18.5. The highest BCUT2D eigenvalue weighted by atomic mass is 19.1. The molecule has 0 amide bonds. The Balaban J connectivity index is 1.71. The number of nitrogens with zero attached hydrogens (tertiary/aromatic N) is 6. The number of anilines is 3. The molecule has 1 unspecified atom stereocenters. The maximum absolute atomic E-state index is 13.1. The normalized spacial score (nSPS) is 12.0. The number of ether oxygens (including phenoxy) is 1. The highest BCUT2D eigenvalue weighted by Crippen LogP contribution is 2.28. The van der Waals surface area contributed by atoms with Crippen molar-refractivity contribution >= 4 is 28.5 Å². The fourth-order valence-electron chi connectivity index (χ4n) is 2.80. The molecule has 4 rings (SSSR count). The third kappa shape index (κ3) is 4.05. The Labute approximate surface area is 166 Å². The summed E-state index contributed by atoms with van der Waals surface area (Å²) in [6, 6.07) is 5.22. The minimum absolute atomic E-state index is 0.332. The van der Waals surface area contributed by atoms with Crippen LogP contribution in [0.25, 0.3) is 10.9 Å². The fourth-order valence-corrected chi connectivity index (χ4v) is 2.80. The Hall–Kier alpha value is -3.82. The Morgan fingerprint density at radius 1 is 1.14 bits per heavy atom. The van der Waals surface area contributed by atoms with Crippen molar-refractivity contribution in [1.29, 1.82) is 0 Å². The van der Waals surface area contributed by atoms with Gasteiger partial charge in [-0.25, -0.2) is 24.3 Å². The number of halogens is 1. The van der Waals surface area contributed by atoms with Gasteiger partial charge in [0.25, 0.3) is 0 Å². The van der Waals surface area contributed by atoms with Crippen molar-refractivity contribution in [3.63, 3.8) is 0 Å². The van der Waals surface area contributed by atoms with Gasteiger partial charge in [-0.3, -0.25) is 0 Å². The lowest BCUT2D eigenvalue weighted by Crippen LogP contribution is -2.13. The highest BCUT2D eigenvalue weighted by Gasteiger charge is 2.14. The number of methoxy groups -OCH3 is 1. The van der Waals surface area contributed by atoms with E-state index in [1.54, 1.807) is 13.4 Å². The van der Waals surface area contributed by atoms with Crippen LogP contribution in [0.15, 0.2) is 43.1 Å². The lowest BCUT2D eigenvalue weighted by molar-refractivity contribution is 0.415. The van der Waals surface area contributed by atoms with Gasteiger partial charge < -0.3 is 19.9 Å². The number of rotatable bonds is 6. The summed E-state index contributed by atoms with van der Waals surface area (Å²) in [5.41, 5.74) is 0.688. The number of aromatic nitrogens is 6. The smallest absolute Gasteiger partial charge is 0.225 e. The number of benzene rings is 1. The van der Waals surface area contributed by atoms with Crippen molar-refractivity contribution in [2.45, 2.75) is 13.0 Å². The summed E-state index contributed by atoms with van der Waals surface area (Å²) < 4.78 is 20.2. The van der Waals surface area contributed by atoms with E-state index >= 15 is 0 Å². The van der Waals surface area contributed by atoms with E-state index in [0.29, 0.717) is 34.7 Å². The Morgan fingerprint density at radius 2 is 1.93 bits per heavy atom. The number of hydrogen-bond donors (Lipinski definition) is 2. The van der Waals surface area contributed by atoms with E-state index in [9.17, 15) is 4.39 Å². The van der Waals surface area contributed by atoms with Gasteiger partial charge >= 0.3 is 0 Å².